The van der Waals surface area contributed by atoms with Crippen molar-refractivity contribution in [2.75, 3.05) is 46.2 Å². The van der Waals surface area contributed by atoms with Crippen LogP contribution >= 0.6 is 0 Å². The lowest BCUT2D eigenvalue weighted by Crippen LogP contribution is -2.13. The Balaban J connectivity index is 1.78. The fraction of sp³-hybridized carbons (Fsp3) is 0.357. The smallest absolute Gasteiger partial charge is 0.0461 e. The van der Waals surface area contributed by atoms with Crippen LogP contribution in [0.25, 0.3) is 0 Å². The fourth-order valence-corrected chi connectivity index (χ4v) is 3.85. The summed E-state index contributed by atoms with van der Waals surface area (Å²) >= 11 is 0. The van der Waals surface area contributed by atoms with E-state index in [1.54, 1.807) is 0 Å². The summed E-state index contributed by atoms with van der Waals surface area (Å²) < 4.78 is 0. The molecule has 0 fully saturated rings. The number of benzene rings is 3. The van der Waals surface area contributed by atoms with Gasteiger partial charge in [-0.15, -0.1) is 0 Å². The number of aryl methyl sites for hydroxylation is 2. The number of rotatable bonds is 11. The van der Waals surface area contributed by atoms with Crippen molar-refractivity contribution in [3.05, 3.63) is 90.0 Å². The molecular formula is C28H37N3. The minimum atomic E-state index is 1.12. The van der Waals surface area contributed by atoms with Gasteiger partial charge in [-0.3, -0.25) is 0 Å². The molecule has 3 nitrogen and oxygen atoms in total. The third-order valence-electron chi connectivity index (χ3n) is 5.55. The molecule has 0 unspecified atom stereocenters. The van der Waals surface area contributed by atoms with Gasteiger partial charge >= 0.3 is 0 Å². The second-order valence-corrected chi connectivity index (χ2v) is 8.82. The Morgan fingerprint density at radius 2 is 0.871 bits per heavy atom. The van der Waals surface area contributed by atoms with Crippen LogP contribution in [0.2, 0.25) is 0 Å². The predicted molar refractivity (Wildman–Crippen MR) is 135 cm³/mol. The van der Waals surface area contributed by atoms with Crippen molar-refractivity contribution >= 4 is 17.1 Å². The Kier molecular flexibility index (Phi) is 8.69. The number of anilines is 3. The monoisotopic (exact) mass is 415 g/mol. The van der Waals surface area contributed by atoms with Crippen LogP contribution < -0.4 is 4.90 Å². The highest BCUT2D eigenvalue weighted by molar-refractivity contribution is 5.76. The van der Waals surface area contributed by atoms with Crippen LogP contribution in [0.15, 0.2) is 78.9 Å². The van der Waals surface area contributed by atoms with Crippen molar-refractivity contribution in [2.24, 2.45) is 0 Å². The lowest BCUT2D eigenvalue weighted by molar-refractivity contribution is 0.400. The first-order valence-corrected chi connectivity index (χ1v) is 11.4. The highest BCUT2D eigenvalue weighted by Gasteiger charge is 2.12. The van der Waals surface area contributed by atoms with E-state index in [1.807, 2.05) is 0 Å². The molecule has 0 aliphatic rings. The van der Waals surface area contributed by atoms with Crippen LogP contribution in [0, 0.1) is 0 Å². The van der Waals surface area contributed by atoms with Crippen LogP contribution in [0.5, 0.6) is 0 Å². The van der Waals surface area contributed by atoms with Crippen LogP contribution in [0.1, 0.15) is 24.0 Å². The van der Waals surface area contributed by atoms with Crippen LogP contribution in [-0.4, -0.2) is 51.1 Å². The van der Waals surface area contributed by atoms with Gasteiger partial charge in [-0.25, -0.2) is 0 Å². The van der Waals surface area contributed by atoms with E-state index in [4.69, 9.17) is 0 Å². The van der Waals surface area contributed by atoms with E-state index in [0.29, 0.717) is 0 Å². The highest BCUT2D eigenvalue weighted by Crippen LogP contribution is 2.34. The molecular weight excluding hydrogens is 378 g/mol. The SMILES string of the molecule is CN(C)CCCc1ccc(N(c2ccccc2)c2ccc(CCCN(C)C)cc2)cc1. The first kappa shape index (κ1) is 23.1. The molecule has 0 heterocycles. The Morgan fingerprint density at radius 3 is 1.26 bits per heavy atom. The molecule has 3 aromatic carbocycles. The summed E-state index contributed by atoms with van der Waals surface area (Å²) in [6.07, 6.45) is 4.60. The minimum Gasteiger partial charge on any atom is -0.311 e. The molecule has 0 amide bonds. The third-order valence-corrected chi connectivity index (χ3v) is 5.55. The van der Waals surface area contributed by atoms with E-state index in [2.05, 4.69) is 122 Å². The molecule has 0 radical (unpaired) electrons. The normalized spacial score (nSPS) is 11.3. The number of hydrogen-bond donors (Lipinski definition) is 0. The number of para-hydroxylation sites is 1. The Morgan fingerprint density at radius 1 is 0.484 bits per heavy atom. The Hall–Kier alpha value is -2.62. The maximum atomic E-state index is 2.34. The molecule has 0 spiro atoms. The topological polar surface area (TPSA) is 9.72 Å². The highest BCUT2D eigenvalue weighted by atomic mass is 15.1. The summed E-state index contributed by atoms with van der Waals surface area (Å²) in [7, 11) is 8.53. The van der Waals surface area contributed by atoms with Crippen molar-refractivity contribution < 1.29 is 0 Å². The van der Waals surface area contributed by atoms with Crippen molar-refractivity contribution in [3.8, 4) is 0 Å². The molecule has 31 heavy (non-hydrogen) atoms. The first-order chi connectivity index (χ1) is 15.0. The molecule has 164 valence electrons. The van der Waals surface area contributed by atoms with Gasteiger partial charge in [0.05, 0.1) is 0 Å². The summed E-state index contributed by atoms with van der Waals surface area (Å²) in [5.74, 6) is 0. The third kappa shape index (κ3) is 7.23. The van der Waals surface area contributed by atoms with E-state index in [9.17, 15) is 0 Å². The average molecular weight is 416 g/mol. The van der Waals surface area contributed by atoms with Crippen molar-refractivity contribution in [3.63, 3.8) is 0 Å². The molecule has 0 saturated carbocycles. The molecule has 0 aliphatic heterocycles. The Labute approximate surface area is 188 Å². The van der Waals surface area contributed by atoms with Gasteiger partial charge in [-0.1, -0.05) is 42.5 Å². The average Bonchev–Trinajstić information content (AvgIpc) is 2.76. The molecule has 0 N–H and O–H groups in total. The summed E-state index contributed by atoms with van der Waals surface area (Å²) in [5.41, 5.74) is 6.37. The lowest BCUT2D eigenvalue weighted by Gasteiger charge is -2.26. The fourth-order valence-electron chi connectivity index (χ4n) is 3.85. The molecule has 3 rings (SSSR count). The summed E-state index contributed by atoms with van der Waals surface area (Å²) in [6.45, 7) is 2.25. The Bertz CT molecular complexity index is 826. The van der Waals surface area contributed by atoms with Crippen LogP contribution in [0.3, 0.4) is 0 Å². The molecule has 0 bridgehead atoms. The summed E-state index contributed by atoms with van der Waals surface area (Å²) in [4.78, 5) is 6.83. The van der Waals surface area contributed by atoms with Gasteiger partial charge in [0.25, 0.3) is 0 Å². The van der Waals surface area contributed by atoms with Gasteiger partial charge in [0.2, 0.25) is 0 Å². The van der Waals surface area contributed by atoms with Crippen molar-refractivity contribution in [2.45, 2.75) is 25.7 Å². The zero-order valence-electron chi connectivity index (χ0n) is 19.6. The van der Waals surface area contributed by atoms with Gasteiger partial charge in [-0.2, -0.15) is 0 Å². The molecule has 0 aromatic heterocycles. The largest absolute Gasteiger partial charge is 0.311 e. The predicted octanol–water partition coefficient (Wildman–Crippen LogP) is 6.14. The van der Waals surface area contributed by atoms with Gasteiger partial charge in [0, 0.05) is 17.1 Å². The second-order valence-electron chi connectivity index (χ2n) is 8.82. The van der Waals surface area contributed by atoms with Crippen molar-refractivity contribution in [1.29, 1.82) is 0 Å². The minimum absolute atomic E-state index is 1.12. The van der Waals surface area contributed by atoms with Crippen LogP contribution in [-0.2, 0) is 12.8 Å². The molecule has 0 saturated heterocycles. The summed E-state index contributed by atoms with van der Waals surface area (Å²) in [6, 6.07) is 28.7. The molecule has 3 heteroatoms. The quantitative estimate of drug-likeness (QED) is 0.372. The van der Waals surface area contributed by atoms with Gasteiger partial charge in [-0.05, 0) is 114 Å². The van der Waals surface area contributed by atoms with Gasteiger partial charge in [0.15, 0.2) is 0 Å². The zero-order chi connectivity index (χ0) is 22.1. The van der Waals surface area contributed by atoms with E-state index in [0.717, 1.165) is 25.9 Å². The number of hydrogen-bond acceptors (Lipinski definition) is 3. The lowest BCUT2D eigenvalue weighted by atomic mass is 10.1. The first-order valence-electron chi connectivity index (χ1n) is 11.4. The maximum Gasteiger partial charge on any atom is 0.0461 e. The van der Waals surface area contributed by atoms with Gasteiger partial charge < -0.3 is 14.7 Å². The van der Waals surface area contributed by atoms with Crippen LogP contribution in [0.4, 0.5) is 17.1 Å². The number of nitrogens with zero attached hydrogens (tertiary/aromatic N) is 3. The van der Waals surface area contributed by atoms with Crippen molar-refractivity contribution in [1.82, 2.24) is 9.80 Å². The maximum absolute atomic E-state index is 2.34. The van der Waals surface area contributed by atoms with E-state index < -0.39 is 0 Å². The molecule has 3 aromatic rings. The summed E-state index contributed by atoms with van der Waals surface area (Å²) in [5, 5.41) is 0. The molecule has 0 atom stereocenters. The standard InChI is InChI=1S/C28H37N3/c1-29(2)22-8-10-24-14-18-27(19-15-24)31(26-12-6-5-7-13-26)28-20-16-25(17-21-28)11-9-23-30(3)4/h5-7,12-21H,8-11,22-23H2,1-4H3. The van der Waals surface area contributed by atoms with E-state index >= 15 is 0 Å². The molecule has 0 aliphatic carbocycles. The second kappa shape index (κ2) is 11.7. The van der Waals surface area contributed by atoms with E-state index in [-0.39, 0.29) is 0 Å². The van der Waals surface area contributed by atoms with Gasteiger partial charge in [0.1, 0.15) is 0 Å². The zero-order valence-corrected chi connectivity index (χ0v) is 19.6. The van der Waals surface area contributed by atoms with E-state index in [1.165, 1.54) is 41.0 Å².